The molecule has 0 spiro atoms. The van der Waals surface area contributed by atoms with Crippen LogP contribution in [0.15, 0.2) is 23.7 Å². The van der Waals surface area contributed by atoms with Gasteiger partial charge in [0.15, 0.2) is 0 Å². The van der Waals surface area contributed by atoms with Crippen LogP contribution in [0.3, 0.4) is 0 Å². The molecule has 6 nitrogen and oxygen atoms in total. The number of nitrogens with zero attached hydrogens (tertiary/aromatic N) is 3. The third kappa shape index (κ3) is 4.77. The van der Waals surface area contributed by atoms with E-state index >= 15 is 0 Å². The van der Waals surface area contributed by atoms with Gasteiger partial charge >= 0.3 is 0 Å². The highest BCUT2D eigenvalue weighted by atomic mass is 32.1. The fourth-order valence-corrected chi connectivity index (χ4v) is 4.33. The number of likely N-dealkylation sites (tertiary alicyclic amines) is 1. The second-order valence-electron chi connectivity index (χ2n) is 7.47. The maximum Gasteiger partial charge on any atom is 0.270 e. The first-order chi connectivity index (χ1) is 13.0. The van der Waals surface area contributed by atoms with Crippen molar-refractivity contribution in [1.82, 2.24) is 19.8 Å². The molecule has 0 aliphatic carbocycles. The third-order valence-electron chi connectivity index (χ3n) is 4.99. The van der Waals surface area contributed by atoms with Gasteiger partial charge in [-0.15, -0.1) is 11.3 Å². The standard InChI is InChI=1S/C20H28N4O2S/c1-14(2)18(25)21-9-8-16-13-27-19(22-16)15-6-4-11-24(12-15)20(26)17-7-5-10-23(17)3/h5,7,10,13-15H,4,6,8-9,11-12H2,1-3H3,(H,21,25)/t15-/m0/s1. The van der Waals surface area contributed by atoms with Gasteiger partial charge in [-0.2, -0.15) is 0 Å². The average Bonchev–Trinajstić information content (AvgIpc) is 3.30. The highest BCUT2D eigenvalue weighted by Crippen LogP contribution is 2.30. The van der Waals surface area contributed by atoms with Crippen LogP contribution in [-0.4, -0.2) is 45.9 Å². The normalized spacial score (nSPS) is 17.3. The molecule has 0 bridgehead atoms. The van der Waals surface area contributed by atoms with Crippen LogP contribution in [0.25, 0.3) is 0 Å². The Hall–Kier alpha value is -2.15. The van der Waals surface area contributed by atoms with Gasteiger partial charge in [0.25, 0.3) is 5.91 Å². The van der Waals surface area contributed by atoms with E-state index in [1.54, 1.807) is 11.3 Å². The van der Waals surface area contributed by atoms with E-state index in [4.69, 9.17) is 4.98 Å². The number of hydrogen-bond acceptors (Lipinski definition) is 4. The largest absolute Gasteiger partial charge is 0.355 e. The molecule has 146 valence electrons. The maximum atomic E-state index is 12.8. The Labute approximate surface area is 164 Å². The van der Waals surface area contributed by atoms with Gasteiger partial charge in [-0.25, -0.2) is 4.98 Å². The lowest BCUT2D eigenvalue weighted by molar-refractivity contribution is -0.123. The van der Waals surface area contributed by atoms with E-state index in [2.05, 4.69) is 10.7 Å². The number of carbonyl (C=O) groups excluding carboxylic acids is 2. The molecule has 1 fully saturated rings. The number of nitrogens with one attached hydrogen (secondary N) is 1. The predicted octanol–water partition coefficient (Wildman–Crippen LogP) is 2.82. The van der Waals surface area contributed by atoms with Crippen molar-refractivity contribution < 1.29 is 9.59 Å². The Morgan fingerprint density at radius 1 is 1.41 bits per heavy atom. The maximum absolute atomic E-state index is 12.8. The molecule has 2 aromatic heterocycles. The molecule has 7 heteroatoms. The van der Waals surface area contributed by atoms with Gasteiger partial charge in [-0.1, -0.05) is 13.8 Å². The molecule has 3 heterocycles. The van der Waals surface area contributed by atoms with Crippen LogP contribution >= 0.6 is 11.3 Å². The number of amides is 2. The number of piperidine rings is 1. The van der Waals surface area contributed by atoms with E-state index in [-0.39, 0.29) is 17.7 Å². The van der Waals surface area contributed by atoms with Crippen molar-refractivity contribution in [3.8, 4) is 0 Å². The Bertz CT molecular complexity index is 796. The van der Waals surface area contributed by atoms with Crippen molar-refractivity contribution in [2.24, 2.45) is 13.0 Å². The van der Waals surface area contributed by atoms with Gasteiger partial charge < -0.3 is 14.8 Å². The van der Waals surface area contributed by atoms with E-state index in [1.165, 1.54) is 0 Å². The van der Waals surface area contributed by atoms with Crippen molar-refractivity contribution >= 4 is 23.2 Å². The van der Waals surface area contributed by atoms with E-state index in [0.717, 1.165) is 48.7 Å². The van der Waals surface area contributed by atoms with E-state index in [1.807, 2.05) is 48.7 Å². The molecule has 2 aromatic rings. The van der Waals surface area contributed by atoms with Crippen LogP contribution in [-0.2, 0) is 18.3 Å². The van der Waals surface area contributed by atoms with Crippen LogP contribution in [0.5, 0.6) is 0 Å². The highest BCUT2D eigenvalue weighted by molar-refractivity contribution is 7.09. The number of carbonyl (C=O) groups is 2. The molecule has 3 rings (SSSR count). The quantitative estimate of drug-likeness (QED) is 0.827. The first kappa shape index (κ1) is 19.6. The van der Waals surface area contributed by atoms with Gasteiger partial charge in [-0.3, -0.25) is 9.59 Å². The molecule has 1 saturated heterocycles. The van der Waals surface area contributed by atoms with Crippen molar-refractivity contribution in [2.45, 2.75) is 39.0 Å². The molecule has 1 N–H and O–H groups in total. The second kappa shape index (κ2) is 8.69. The van der Waals surface area contributed by atoms with E-state index in [9.17, 15) is 9.59 Å². The monoisotopic (exact) mass is 388 g/mol. The fraction of sp³-hybridized carbons (Fsp3) is 0.550. The number of aromatic nitrogens is 2. The molecule has 0 unspecified atom stereocenters. The Morgan fingerprint density at radius 2 is 2.22 bits per heavy atom. The zero-order chi connectivity index (χ0) is 19.4. The van der Waals surface area contributed by atoms with E-state index in [0.29, 0.717) is 12.5 Å². The van der Waals surface area contributed by atoms with Crippen molar-refractivity contribution in [3.63, 3.8) is 0 Å². The molecule has 0 aromatic carbocycles. The lowest BCUT2D eigenvalue weighted by Crippen LogP contribution is -2.39. The molecule has 2 amide bonds. The summed E-state index contributed by atoms with van der Waals surface area (Å²) in [5.41, 5.74) is 1.75. The molecule has 1 aliphatic rings. The van der Waals surface area contributed by atoms with Gasteiger partial charge in [0.1, 0.15) is 5.69 Å². The summed E-state index contributed by atoms with van der Waals surface area (Å²) in [5.74, 6) is 0.478. The lowest BCUT2D eigenvalue weighted by Gasteiger charge is -2.32. The minimum atomic E-state index is 0.00554. The molecule has 0 saturated carbocycles. The average molecular weight is 389 g/mol. The summed E-state index contributed by atoms with van der Waals surface area (Å²) >= 11 is 1.67. The number of rotatable bonds is 6. The third-order valence-corrected chi connectivity index (χ3v) is 6.05. The number of thiazole rings is 1. The summed E-state index contributed by atoms with van der Waals surface area (Å²) in [6.45, 7) is 5.92. The molecule has 27 heavy (non-hydrogen) atoms. The van der Waals surface area contributed by atoms with Crippen LogP contribution in [0.4, 0.5) is 0 Å². The molecule has 0 radical (unpaired) electrons. The van der Waals surface area contributed by atoms with Crippen LogP contribution in [0, 0.1) is 5.92 Å². The predicted molar refractivity (Wildman–Crippen MR) is 107 cm³/mol. The second-order valence-corrected chi connectivity index (χ2v) is 8.36. The summed E-state index contributed by atoms with van der Waals surface area (Å²) in [5, 5.41) is 6.11. The van der Waals surface area contributed by atoms with Crippen molar-refractivity contribution in [2.75, 3.05) is 19.6 Å². The summed E-state index contributed by atoms with van der Waals surface area (Å²) in [4.78, 5) is 31.1. The Balaban J connectivity index is 1.57. The summed E-state index contributed by atoms with van der Waals surface area (Å²) in [6.07, 6.45) is 4.71. The fourth-order valence-electron chi connectivity index (χ4n) is 3.35. The number of hydrogen-bond donors (Lipinski definition) is 1. The van der Waals surface area contributed by atoms with Crippen LogP contribution < -0.4 is 5.32 Å². The van der Waals surface area contributed by atoms with Gasteiger partial charge in [0.2, 0.25) is 5.91 Å². The van der Waals surface area contributed by atoms with E-state index < -0.39 is 0 Å². The van der Waals surface area contributed by atoms with Crippen molar-refractivity contribution in [1.29, 1.82) is 0 Å². The minimum absolute atomic E-state index is 0.00554. The first-order valence-corrected chi connectivity index (χ1v) is 10.5. The van der Waals surface area contributed by atoms with Gasteiger partial charge in [0.05, 0.1) is 10.7 Å². The number of aryl methyl sites for hydroxylation is 1. The zero-order valence-electron chi connectivity index (χ0n) is 16.3. The summed E-state index contributed by atoms with van der Waals surface area (Å²) in [7, 11) is 1.90. The Morgan fingerprint density at radius 3 is 2.93 bits per heavy atom. The van der Waals surface area contributed by atoms with Crippen molar-refractivity contribution in [3.05, 3.63) is 40.1 Å². The summed E-state index contributed by atoms with van der Waals surface area (Å²) in [6, 6.07) is 3.78. The summed E-state index contributed by atoms with van der Waals surface area (Å²) < 4.78 is 1.87. The SMILES string of the molecule is CC(C)C(=O)NCCc1csc([C@H]2CCCN(C(=O)c3cccn3C)C2)n1. The first-order valence-electron chi connectivity index (χ1n) is 9.58. The van der Waals surface area contributed by atoms with Gasteiger partial charge in [0, 0.05) is 56.5 Å². The molecule has 1 atom stereocenters. The lowest BCUT2D eigenvalue weighted by atomic mass is 9.98. The molecule has 1 aliphatic heterocycles. The van der Waals surface area contributed by atoms with Crippen LogP contribution in [0.2, 0.25) is 0 Å². The highest BCUT2D eigenvalue weighted by Gasteiger charge is 2.28. The minimum Gasteiger partial charge on any atom is -0.355 e. The Kier molecular flexibility index (Phi) is 6.31. The van der Waals surface area contributed by atoms with Crippen LogP contribution in [0.1, 0.15) is 53.8 Å². The zero-order valence-corrected chi connectivity index (χ0v) is 17.1. The topological polar surface area (TPSA) is 67.2 Å². The van der Waals surface area contributed by atoms with Gasteiger partial charge in [-0.05, 0) is 25.0 Å². The smallest absolute Gasteiger partial charge is 0.270 e. The molecular weight excluding hydrogens is 360 g/mol. The molecular formula is C20H28N4O2S.